The third-order valence-corrected chi connectivity index (χ3v) is 3.77. The van der Waals surface area contributed by atoms with E-state index in [1.165, 1.54) is 12.1 Å². The monoisotopic (exact) mass is 333 g/mol. The number of hydrogen-bond acceptors (Lipinski definition) is 4. The molecule has 120 valence electrons. The van der Waals surface area contributed by atoms with Crippen molar-refractivity contribution < 1.29 is 18.7 Å². The number of carbonyl (C=O) groups is 2. The van der Waals surface area contributed by atoms with Crippen LogP contribution in [-0.2, 0) is 20.7 Å². The molecule has 0 fully saturated rings. The molecule has 0 aliphatic heterocycles. The lowest BCUT2D eigenvalue weighted by molar-refractivity contribution is -0.146. The van der Waals surface area contributed by atoms with Crippen LogP contribution in [0, 0.1) is 5.82 Å². The molecule has 0 saturated heterocycles. The van der Waals surface area contributed by atoms with Gasteiger partial charge in [-0.15, -0.1) is 11.8 Å². The highest BCUT2D eigenvalue weighted by Gasteiger charge is 2.11. The van der Waals surface area contributed by atoms with Gasteiger partial charge in [0.25, 0.3) is 5.91 Å². The quantitative estimate of drug-likeness (QED) is 0.651. The standard InChI is InChI=1S/C17H16FNO3S/c1-23-14-8-6-13(7-9-14)19-16(20)11-22-17(21)10-12-4-2-3-5-15(12)18/h2-9H,10-11H2,1H3,(H,19,20). The first-order valence-electron chi connectivity index (χ1n) is 6.91. The maximum absolute atomic E-state index is 13.4. The van der Waals surface area contributed by atoms with Crippen molar-refractivity contribution in [3.63, 3.8) is 0 Å². The lowest BCUT2D eigenvalue weighted by Gasteiger charge is -2.07. The molecule has 2 rings (SSSR count). The van der Waals surface area contributed by atoms with Crippen LogP contribution in [0.2, 0.25) is 0 Å². The first-order valence-corrected chi connectivity index (χ1v) is 8.14. The molecule has 0 atom stereocenters. The van der Waals surface area contributed by atoms with Crippen molar-refractivity contribution >= 4 is 29.3 Å². The van der Waals surface area contributed by atoms with Gasteiger partial charge in [0.15, 0.2) is 6.61 Å². The Kier molecular flexibility index (Phi) is 6.17. The number of anilines is 1. The molecule has 0 spiro atoms. The fraction of sp³-hybridized carbons (Fsp3) is 0.176. The highest BCUT2D eigenvalue weighted by Crippen LogP contribution is 2.17. The predicted octanol–water partition coefficient (Wildman–Crippen LogP) is 3.27. The summed E-state index contributed by atoms with van der Waals surface area (Å²) in [6.07, 6.45) is 1.75. The average molecular weight is 333 g/mol. The Hall–Kier alpha value is -2.34. The van der Waals surface area contributed by atoms with Gasteiger partial charge in [-0.05, 0) is 42.2 Å². The zero-order valence-electron chi connectivity index (χ0n) is 12.5. The molecular weight excluding hydrogens is 317 g/mol. The van der Waals surface area contributed by atoms with E-state index in [0.29, 0.717) is 5.69 Å². The maximum Gasteiger partial charge on any atom is 0.310 e. The number of halogens is 1. The van der Waals surface area contributed by atoms with Crippen LogP contribution < -0.4 is 5.32 Å². The SMILES string of the molecule is CSc1ccc(NC(=O)COC(=O)Cc2ccccc2F)cc1. The molecule has 2 aromatic carbocycles. The summed E-state index contributed by atoms with van der Waals surface area (Å²) in [6, 6.07) is 13.2. The van der Waals surface area contributed by atoms with Crippen LogP contribution >= 0.6 is 11.8 Å². The fourth-order valence-corrected chi connectivity index (χ4v) is 2.27. The molecule has 6 heteroatoms. The summed E-state index contributed by atoms with van der Waals surface area (Å²) < 4.78 is 18.3. The minimum atomic E-state index is -0.650. The van der Waals surface area contributed by atoms with Gasteiger partial charge in [-0.25, -0.2) is 4.39 Å². The van der Waals surface area contributed by atoms with E-state index < -0.39 is 24.3 Å². The molecule has 0 aliphatic carbocycles. The first-order chi connectivity index (χ1) is 11.1. The largest absolute Gasteiger partial charge is 0.455 e. The second kappa shape index (κ2) is 8.33. The molecule has 0 aliphatic rings. The first kappa shape index (κ1) is 17.0. The van der Waals surface area contributed by atoms with Crippen molar-refractivity contribution in [2.75, 3.05) is 18.2 Å². The second-order valence-electron chi connectivity index (χ2n) is 4.71. The van der Waals surface area contributed by atoms with Crippen molar-refractivity contribution in [2.24, 2.45) is 0 Å². The number of esters is 1. The number of ether oxygens (including phenoxy) is 1. The second-order valence-corrected chi connectivity index (χ2v) is 5.59. The number of carbonyl (C=O) groups excluding carboxylic acids is 2. The van der Waals surface area contributed by atoms with E-state index in [2.05, 4.69) is 5.32 Å². The van der Waals surface area contributed by atoms with Crippen molar-refractivity contribution in [3.05, 3.63) is 59.9 Å². The normalized spacial score (nSPS) is 10.2. The molecule has 1 N–H and O–H groups in total. The Morgan fingerprint density at radius 2 is 1.83 bits per heavy atom. The van der Waals surface area contributed by atoms with Crippen LogP contribution in [0.25, 0.3) is 0 Å². The molecule has 0 aromatic heterocycles. The van der Waals surface area contributed by atoms with Gasteiger partial charge in [0.1, 0.15) is 5.82 Å². The third-order valence-electron chi connectivity index (χ3n) is 3.03. The molecule has 0 saturated carbocycles. The van der Waals surface area contributed by atoms with Crippen LogP contribution in [0.3, 0.4) is 0 Å². The van der Waals surface area contributed by atoms with Crippen LogP contribution in [0.5, 0.6) is 0 Å². The van der Waals surface area contributed by atoms with Crippen LogP contribution in [-0.4, -0.2) is 24.7 Å². The van der Waals surface area contributed by atoms with Gasteiger partial charge in [0, 0.05) is 10.6 Å². The zero-order valence-corrected chi connectivity index (χ0v) is 13.4. The van der Waals surface area contributed by atoms with E-state index in [1.807, 2.05) is 18.4 Å². The van der Waals surface area contributed by atoms with E-state index in [1.54, 1.807) is 36.0 Å². The minimum absolute atomic E-state index is 0.206. The Morgan fingerprint density at radius 1 is 1.13 bits per heavy atom. The van der Waals surface area contributed by atoms with Crippen LogP contribution in [0.4, 0.5) is 10.1 Å². The predicted molar refractivity (Wildman–Crippen MR) is 87.9 cm³/mol. The zero-order chi connectivity index (χ0) is 16.7. The number of amides is 1. The van der Waals surface area contributed by atoms with Crippen molar-refractivity contribution in [3.8, 4) is 0 Å². The van der Waals surface area contributed by atoms with Crippen LogP contribution in [0.15, 0.2) is 53.4 Å². The van der Waals surface area contributed by atoms with Crippen molar-refractivity contribution in [2.45, 2.75) is 11.3 Å². The van der Waals surface area contributed by atoms with Gasteiger partial charge in [0.05, 0.1) is 6.42 Å². The number of hydrogen-bond donors (Lipinski definition) is 1. The topological polar surface area (TPSA) is 55.4 Å². The maximum atomic E-state index is 13.4. The molecule has 2 aromatic rings. The minimum Gasteiger partial charge on any atom is -0.455 e. The lowest BCUT2D eigenvalue weighted by atomic mass is 10.1. The number of rotatable bonds is 6. The fourth-order valence-electron chi connectivity index (χ4n) is 1.87. The summed E-state index contributed by atoms with van der Waals surface area (Å²) in [5.41, 5.74) is 0.864. The molecule has 0 unspecified atom stereocenters. The van der Waals surface area contributed by atoms with E-state index in [9.17, 15) is 14.0 Å². The Morgan fingerprint density at radius 3 is 2.48 bits per heavy atom. The summed E-state index contributed by atoms with van der Waals surface area (Å²) in [4.78, 5) is 24.4. The lowest BCUT2D eigenvalue weighted by Crippen LogP contribution is -2.21. The highest BCUT2D eigenvalue weighted by atomic mass is 32.2. The smallest absolute Gasteiger partial charge is 0.310 e. The van der Waals surface area contributed by atoms with Gasteiger partial charge in [-0.2, -0.15) is 0 Å². The molecular formula is C17H16FNO3S. The van der Waals surface area contributed by atoms with Crippen molar-refractivity contribution in [1.82, 2.24) is 0 Å². The van der Waals surface area contributed by atoms with E-state index in [-0.39, 0.29) is 12.0 Å². The van der Waals surface area contributed by atoms with E-state index in [0.717, 1.165) is 4.90 Å². The Bertz CT molecular complexity index is 688. The highest BCUT2D eigenvalue weighted by molar-refractivity contribution is 7.98. The summed E-state index contributed by atoms with van der Waals surface area (Å²) in [6.45, 7) is -0.405. The molecule has 0 radical (unpaired) electrons. The summed E-state index contributed by atoms with van der Waals surface area (Å²) in [7, 11) is 0. The van der Waals surface area contributed by atoms with Crippen molar-refractivity contribution in [1.29, 1.82) is 0 Å². The average Bonchev–Trinajstić information content (AvgIpc) is 2.56. The summed E-state index contributed by atoms with van der Waals surface area (Å²) in [5, 5.41) is 2.62. The molecule has 23 heavy (non-hydrogen) atoms. The number of nitrogens with one attached hydrogen (secondary N) is 1. The van der Waals surface area contributed by atoms with Gasteiger partial charge < -0.3 is 10.1 Å². The Balaban J connectivity index is 1.79. The molecule has 0 heterocycles. The van der Waals surface area contributed by atoms with Gasteiger partial charge >= 0.3 is 5.97 Å². The summed E-state index contributed by atoms with van der Waals surface area (Å²) in [5.74, 6) is -1.56. The number of thioether (sulfide) groups is 1. The Labute approximate surface area is 138 Å². The van der Waals surface area contributed by atoms with Gasteiger partial charge in [-0.1, -0.05) is 18.2 Å². The van der Waals surface area contributed by atoms with Gasteiger partial charge in [-0.3, -0.25) is 9.59 Å². The van der Waals surface area contributed by atoms with Crippen LogP contribution in [0.1, 0.15) is 5.56 Å². The molecule has 1 amide bonds. The van der Waals surface area contributed by atoms with E-state index in [4.69, 9.17) is 4.74 Å². The third kappa shape index (κ3) is 5.41. The summed E-state index contributed by atoms with van der Waals surface area (Å²) >= 11 is 1.60. The molecule has 0 bridgehead atoms. The molecule has 4 nitrogen and oxygen atoms in total. The van der Waals surface area contributed by atoms with Gasteiger partial charge in [0.2, 0.25) is 0 Å². The van der Waals surface area contributed by atoms with E-state index >= 15 is 0 Å². The number of benzene rings is 2.